The molecule has 17 heavy (non-hydrogen) atoms. The zero-order valence-electron chi connectivity index (χ0n) is 9.10. The summed E-state index contributed by atoms with van der Waals surface area (Å²) in [5.41, 5.74) is 1.19. The van der Waals surface area contributed by atoms with Crippen molar-refractivity contribution in [2.75, 3.05) is 6.61 Å². The van der Waals surface area contributed by atoms with Gasteiger partial charge in [-0.05, 0) is 29.8 Å². The van der Waals surface area contributed by atoms with Crippen LogP contribution in [0.4, 0.5) is 0 Å². The molecule has 1 unspecified atom stereocenters. The van der Waals surface area contributed by atoms with Crippen LogP contribution in [0.1, 0.15) is 11.7 Å². The van der Waals surface area contributed by atoms with Crippen LogP contribution in [0.2, 0.25) is 0 Å². The van der Waals surface area contributed by atoms with E-state index >= 15 is 0 Å². The summed E-state index contributed by atoms with van der Waals surface area (Å²) in [7, 11) is 0. The van der Waals surface area contributed by atoms with E-state index in [0.29, 0.717) is 0 Å². The number of ether oxygens (including phenoxy) is 2. The van der Waals surface area contributed by atoms with Gasteiger partial charge in [-0.25, -0.2) is 0 Å². The largest absolute Gasteiger partial charge is 0.457 e. The summed E-state index contributed by atoms with van der Waals surface area (Å²) in [6, 6.07) is 15.7. The van der Waals surface area contributed by atoms with Gasteiger partial charge < -0.3 is 9.47 Å². The Hall–Kier alpha value is -1.32. The zero-order chi connectivity index (χ0) is 11.7. The first-order valence-corrected chi connectivity index (χ1v) is 6.26. The van der Waals surface area contributed by atoms with Crippen molar-refractivity contribution in [3.05, 3.63) is 58.6 Å². The van der Waals surface area contributed by atoms with Crippen LogP contribution in [-0.4, -0.2) is 6.61 Å². The Morgan fingerprint density at radius 3 is 2.47 bits per heavy atom. The molecular formula is C14H11BrO2. The van der Waals surface area contributed by atoms with Crippen LogP contribution < -0.4 is 4.74 Å². The molecule has 0 aliphatic carbocycles. The molecule has 1 aliphatic rings. The fraction of sp³-hybridized carbons (Fsp3) is 0.143. The van der Waals surface area contributed by atoms with Crippen LogP contribution in [-0.2, 0) is 4.74 Å². The van der Waals surface area contributed by atoms with E-state index in [4.69, 9.17) is 9.47 Å². The molecule has 0 saturated carbocycles. The van der Waals surface area contributed by atoms with E-state index in [1.54, 1.807) is 0 Å². The Bertz CT molecular complexity index is 521. The Labute approximate surface area is 108 Å². The zero-order valence-corrected chi connectivity index (χ0v) is 10.7. The highest BCUT2D eigenvalue weighted by atomic mass is 79.9. The molecule has 3 rings (SSSR count). The van der Waals surface area contributed by atoms with Crippen LogP contribution in [0.5, 0.6) is 11.5 Å². The molecule has 3 heteroatoms. The molecule has 0 N–H and O–H groups in total. The van der Waals surface area contributed by atoms with E-state index in [1.165, 1.54) is 5.56 Å². The highest BCUT2D eigenvalue weighted by molar-refractivity contribution is 9.10. The number of epoxide rings is 1. The van der Waals surface area contributed by atoms with Crippen molar-refractivity contribution in [2.24, 2.45) is 0 Å². The summed E-state index contributed by atoms with van der Waals surface area (Å²) in [6.45, 7) is 0.817. The summed E-state index contributed by atoms with van der Waals surface area (Å²) in [5.74, 6) is 1.67. The van der Waals surface area contributed by atoms with Gasteiger partial charge in [0.1, 0.15) is 17.6 Å². The molecule has 1 atom stereocenters. The lowest BCUT2D eigenvalue weighted by molar-refractivity contribution is 0.414. The Kier molecular flexibility index (Phi) is 2.87. The van der Waals surface area contributed by atoms with Crippen molar-refractivity contribution in [1.29, 1.82) is 0 Å². The van der Waals surface area contributed by atoms with E-state index in [0.717, 1.165) is 22.6 Å². The normalized spacial score (nSPS) is 17.8. The van der Waals surface area contributed by atoms with Gasteiger partial charge in [-0.2, -0.15) is 0 Å². The summed E-state index contributed by atoms with van der Waals surface area (Å²) >= 11 is 3.54. The van der Waals surface area contributed by atoms with E-state index in [9.17, 15) is 0 Å². The molecule has 1 aliphatic heterocycles. The molecule has 0 bridgehead atoms. The first-order chi connectivity index (χ1) is 8.33. The molecule has 2 nitrogen and oxygen atoms in total. The van der Waals surface area contributed by atoms with Crippen molar-refractivity contribution in [1.82, 2.24) is 0 Å². The van der Waals surface area contributed by atoms with E-state index in [-0.39, 0.29) is 6.10 Å². The maximum atomic E-state index is 5.74. The van der Waals surface area contributed by atoms with Gasteiger partial charge in [-0.1, -0.05) is 40.2 Å². The highest BCUT2D eigenvalue weighted by Crippen LogP contribution is 2.37. The molecule has 1 heterocycles. The fourth-order valence-corrected chi connectivity index (χ4v) is 2.30. The number of halogens is 1. The van der Waals surface area contributed by atoms with Crippen molar-refractivity contribution in [3.8, 4) is 11.5 Å². The summed E-state index contributed by atoms with van der Waals surface area (Å²) in [4.78, 5) is 0. The third-order valence-electron chi connectivity index (χ3n) is 2.63. The second-order valence-electron chi connectivity index (χ2n) is 3.92. The predicted octanol–water partition coefficient (Wildman–Crippen LogP) is 4.31. The van der Waals surface area contributed by atoms with Crippen LogP contribution in [0.3, 0.4) is 0 Å². The topological polar surface area (TPSA) is 21.8 Å². The lowest BCUT2D eigenvalue weighted by atomic mass is 10.1. The van der Waals surface area contributed by atoms with Gasteiger partial charge >= 0.3 is 0 Å². The van der Waals surface area contributed by atoms with E-state index < -0.39 is 0 Å². The van der Waals surface area contributed by atoms with E-state index in [1.807, 2.05) is 48.5 Å². The smallest absolute Gasteiger partial charge is 0.128 e. The molecule has 0 radical (unpaired) electrons. The average Bonchev–Trinajstić information content (AvgIpc) is 3.15. The minimum atomic E-state index is 0.259. The molecule has 0 spiro atoms. The van der Waals surface area contributed by atoms with Crippen molar-refractivity contribution in [2.45, 2.75) is 6.10 Å². The maximum Gasteiger partial charge on any atom is 0.128 e. The van der Waals surface area contributed by atoms with Gasteiger partial charge in [0.25, 0.3) is 0 Å². The second kappa shape index (κ2) is 4.51. The van der Waals surface area contributed by atoms with Crippen LogP contribution in [0.15, 0.2) is 53.0 Å². The molecule has 2 aromatic carbocycles. The number of rotatable bonds is 3. The fourth-order valence-electron chi connectivity index (χ4n) is 1.68. The summed E-state index contributed by atoms with van der Waals surface area (Å²) in [5, 5.41) is 0. The number of hydrogen-bond donors (Lipinski definition) is 0. The number of para-hydroxylation sites is 1. The molecule has 1 fully saturated rings. The first kappa shape index (κ1) is 10.8. The molecule has 0 aromatic heterocycles. The third-order valence-corrected chi connectivity index (χ3v) is 3.32. The molecular weight excluding hydrogens is 280 g/mol. The van der Waals surface area contributed by atoms with Crippen LogP contribution >= 0.6 is 15.9 Å². The van der Waals surface area contributed by atoms with Gasteiger partial charge in [0.2, 0.25) is 0 Å². The van der Waals surface area contributed by atoms with Gasteiger partial charge in [-0.15, -0.1) is 0 Å². The summed E-state index contributed by atoms with van der Waals surface area (Å²) in [6.07, 6.45) is 0.259. The minimum Gasteiger partial charge on any atom is -0.457 e. The predicted molar refractivity (Wildman–Crippen MR) is 69.4 cm³/mol. The van der Waals surface area contributed by atoms with Crippen molar-refractivity contribution in [3.63, 3.8) is 0 Å². The van der Waals surface area contributed by atoms with Crippen molar-refractivity contribution < 1.29 is 9.47 Å². The average molecular weight is 291 g/mol. The molecule has 86 valence electrons. The number of hydrogen-bond acceptors (Lipinski definition) is 2. The van der Waals surface area contributed by atoms with E-state index in [2.05, 4.69) is 15.9 Å². The maximum absolute atomic E-state index is 5.74. The van der Waals surface area contributed by atoms with Gasteiger partial charge in [0, 0.05) is 4.47 Å². The lowest BCUT2D eigenvalue weighted by Crippen LogP contribution is -1.87. The molecule has 2 aromatic rings. The monoisotopic (exact) mass is 290 g/mol. The summed E-state index contributed by atoms with van der Waals surface area (Å²) < 4.78 is 12.0. The quantitative estimate of drug-likeness (QED) is 0.786. The number of benzene rings is 2. The van der Waals surface area contributed by atoms with Gasteiger partial charge in [0.05, 0.1) is 6.61 Å². The molecule has 0 amide bonds. The van der Waals surface area contributed by atoms with Crippen LogP contribution in [0.25, 0.3) is 0 Å². The first-order valence-electron chi connectivity index (χ1n) is 5.47. The second-order valence-corrected chi connectivity index (χ2v) is 4.77. The minimum absolute atomic E-state index is 0.259. The van der Waals surface area contributed by atoms with Gasteiger partial charge in [0.15, 0.2) is 0 Å². The Morgan fingerprint density at radius 2 is 1.82 bits per heavy atom. The SMILES string of the molecule is Brc1cc(Oc2ccccc2)ccc1C1CO1. The highest BCUT2D eigenvalue weighted by Gasteiger charge is 2.26. The molecule has 1 saturated heterocycles. The van der Waals surface area contributed by atoms with Crippen molar-refractivity contribution >= 4 is 15.9 Å². The lowest BCUT2D eigenvalue weighted by Gasteiger charge is -2.07. The Balaban J connectivity index is 1.82. The Morgan fingerprint density at radius 1 is 1.06 bits per heavy atom. The van der Waals surface area contributed by atoms with Crippen LogP contribution in [0, 0.1) is 0 Å². The third kappa shape index (κ3) is 2.51. The van der Waals surface area contributed by atoms with Gasteiger partial charge in [-0.3, -0.25) is 0 Å². The standard InChI is InChI=1S/C14H11BrO2/c15-13-8-11(6-7-12(13)14-9-16-14)17-10-4-2-1-3-5-10/h1-8,14H,9H2.